The number of hydrogen-bond donors (Lipinski definition) is 1. The number of methoxy groups -OCH3 is 1. The topological polar surface area (TPSA) is 85.7 Å². The molecule has 0 aromatic carbocycles. The number of ketones is 1. The van der Waals surface area contributed by atoms with Gasteiger partial charge < -0.3 is 13.8 Å². The third-order valence-corrected chi connectivity index (χ3v) is 5.17. The standard InChI is InChI=1S/C12H24NO5P/c1-5-6-7-8-10(14)11(9-12(13)16-2)19(15,17-3)18-4/h11,13H,5-9H2,1-4H3. The van der Waals surface area contributed by atoms with Gasteiger partial charge in [0.25, 0.3) is 0 Å². The van der Waals surface area contributed by atoms with Crippen LogP contribution in [0.25, 0.3) is 0 Å². The second-order valence-corrected chi connectivity index (χ2v) is 6.61. The molecule has 0 aromatic rings. The van der Waals surface area contributed by atoms with E-state index in [1.807, 2.05) is 6.92 Å². The summed E-state index contributed by atoms with van der Waals surface area (Å²) < 4.78 is 26.9. The monoisotopic (exact) mass is 293 g/mol. The van der Waals surface area contributed by atoms with Crippen molar-refractivity contribution in [1.29, 1.82) is 5.41 Å². The van der Waals surface area contributed by atoms with Gasteiger partial charge in [-0.25, -0.2) is 0 Å². The highest BCUT2D eigenvalue weighted by atomic mass is 31.2. The Hall–Kier alpha value is -0.710. The molecule has 0 heterocycles. The van der Waals surface area contributed by atoms with E-state index in [2.05, 4.69) is 0 Å². The number of nitrogens with one attached hydrogen (secondary N) is 1. The SMILES string of the molecule is CCCCCC(=O)C(CC(=N)OC)P(=O)(OC)OC. The van der Waals surface area contributed by atoms with Crippen molar-refractivity contribution in [1.82, 2.24) is 0 Å². The molecule has 19 heavy (non-hydrogen) atoms. The van der Waals surface area contributed by atoms with E-state index in [1.165, 1.54) is 21.3 Å². The lowest BCUT2D eigenvalue weighted by atomic mass is 10.1. The van der Waals surface area contributed by atoms with Gasteiger partial charge in [-0.15, -0.1) is 0 Å². The number of carbonyl (C=O) groups excluding carboxylic acids is 1. The minimum absolute atomic E-state index is 0.0690. The molecule has 0 radical (unpaired) electrons. The molecule has 6 nitrogen and oxygen atoms in total. The van der Waals surface area contributed by atoms with Gasteiger partial charge >= 0.3 is 7.60 Å². The lowest BCUT2D eigenvalue weighted by molar-refractivity contribution is -0.119. The van der Waals surface area contributed by atoms with Gasteiger partial charge in [0.15, 0.2) is 5.90 Å². The highest BCUT2D eigenvalue weighted by Crippen LogP contribution is 2.53. The molecule has 0 fully saturated rings. The minimum Gasteiger partial charge on any atom is -0.484 e. The Balaban J connectivity index is 4.89. The van der Waals surface area contributed by atoms with Crippen LogP contribution in [0.5, 0.6) is 0 Å². The van der Waals surface area contributed by atoms with Crippen molar-refractivity contribution in [2.24, 2.45) is 0 Å². The fourth-order valence-corrected chi connectivity index (χ4v) is 3.24. The number of Topliss-reactive ketones (excluding diaryl/α,β-unsaturated/α-hetero) is 1. The molecule has 0 bridgehead atoms. The molecule has 0 amide bonds. The predicted molar refractivity (Wildman–Crippen MR) is 73.9 cm³/mol. The van der Waals surface area contributed by atoms with E-state index in [1.54, 1.807) is 0 Å². The minimum atomic E-state index is -3.53. The molecule has 112 valence electrons. The van der Waals surface area contributed by atoms with Crippen molar-refractivity contribution in [3.63, 3.8) is 0 Å². The van der Waals surface area contributed by atoms with Crippen LogP contribution in [0.3, 0.4) is 0 Å². The molecule has 0 saturated heterocycles. The number of carbonyl (C=O) groups is 1. The fraction of sp³-hybridized carbons (Fsp3) is 0.833. The van der Waals surface area contributed by atoms with Crippen LogP contribution in [0.2, 0.25) is 0 Å². The third kappa shape index (κ3) is 5.85. The lowest BCUT2D eigenvalue weighted by Crippen LogP contribution is -2.26. The quantitative estimate of drug-likeness (QED) is 0.289. The summed E-state index contributed by atoms with van der Waals surface area (Å²) in [5.41, 5.74) is -0.966. The maximum absolute atomic E-state index is 12.4. The fourth-order valence-electron chi connectivity index (χ4n) is 1.71. The van der Waals surface area contributed by atoms with Crippen LogP contribution in [0, 0.1) is 5.41 Å². The van der Waals surface area contributed by atoms with Gasteiger partial charge in [0.05, 0.1) is 7.11 Å². The zero-order chi connectivity index (χ0) is 14.9. The summed E-state index contributed by atoms with van der Waals surface area (Å²) >= 11 is 0. The van der Waals surface area contributed by atoms with Crippen molar-refractivity contribution in [3.05, 3.63) is 0 Å². The zero-order valence-corrected chi connectivity index (χ0v) is 13.0. The summed E-state index contributed by atoms with van der Waals surface area (Å²) in [6.45, 7) is 2.04. The molecule has 0 aliphatic rings. The summed E-state index contributed by atoms with van der Waals surface area (Å²) in [5, 5.41) is 7.50. The third-order valence-electron chi connectivity index (χ3n) is 2.91. The van der Waals surface area contributed by atoms with Gasteiger partial charge in [-0.2, -0.15) is 0 Å². The van der Waals surface area contributed by atoms with Crippen LogP contribution in [0.4, 0.5) is 0 Å². The molecule has 0 aromatic heterocycles. The molecule has 0 rings (SSSR count). The van der Waals surface area contributed by atoms with Gasteiger partial charge in [-0.3, -0.25) is 14.8 Å². The zero-order valence-electron chi connectivity index (χ0n) is 12.1. The second-order valence-electron chi connectivity index (χ2n) is 4.18. The van der Waals surface area contributed by atoms with Gasteiger partial charge in [-0.05, 0) is 6.42 Å². The molecule has 0 saturated carbocycles. The highest BCUT2D eigenvalue weighted by Gasteiger charge is 2.40. The average molecular weight is 293 g/mol. The Labute approximate surface area is 114 Å². The normalized spacial score (nSPS) is 13.1. The Morgan fingerprint density at radius 2 is 1.79 bits per heavy atom. The maximum Gasteiger partial charge on any atom is 0.341 e. The number of ether oxygens (including phenoxy) is 1. The van der Waals surface area contributed by atoms with Gasteiger partial charge in [0.2, 0.25) is 0 Å². The summed E-state index contributed by atoms with van der Waals surface area (Å²) in [7, 11) is 0.291. The summed E-state index contributed by atoms with van der Waals surface area (Å²) in [4.78, 5) is 12.1. The first-order valence-electron chi connectivity index (χ1n) is 6.30. The van der Waals surface area contributed by atoms with Gasteiger partial charge in [-0.1, -0.05) is 19.8 Å². The molecule has 1 N–H and O–H groups in total. The van der Waals surface area contributed by atoms with Gasteiger partial charge in [0.1, 0.15) is 11.4 Å². The lowest BCUT2D eigenvalue weighted by Gasteiger charge is -2.23. The van der Waals surface area contributed by atoms with Crippen molar-refractivity contribution in [2.45, 2.75) is 44.7 Å². The second kappa shape index (κ2) is 9.23. The Kier molecular flexibility index (Phi) is 8.89. The van der Waals surface area contributed by atoms with E-state index in [4.69, 9.17) is 19.2 Å². The number of rotatable bonds is 10. The molecular formula is C12H24NO5P. The van der Waals surface area contributed by atoms with E-state index in [9.17, 15) is 9.36 Å². The van der Waals surface area contributed by atoms with E-state index in [0.29, 0.717) is 6.42 Å². The van der Waals surface area contributed by atoms with Crippen LogP contribution < -0.4 is 0 Å². The Bertz CT molecular complexity index is 337. The molecule has 7 heteroatoms. The van der Waals surface area contributed by atoms with Crippen molar-refractivity contribution in [2.75, 3.05) is 21.3 Å². The molecule has 0 spiro atoms. The summed E-state index contributed by atoms with van der Waals surface area (Å²) in [6.07, 6.45) is 2.91. The summed E-state index contributed by atoms with van der Waals surface area (Å²) in [5.74, 6) is -0.314. The molecule has 1 atom stereocenters. The maximum atomic E-state index is 12.4. The van der Waals surface area contributed by atoms with Crippen LogP contribution in [-0.2, 0) is 23.1 Å². The first-order valence-corrected chi connectivity index (χ1v) is 7.91. The number of unbranched alkanes of at least 4 members (excludes halogenated alkanes) is 2. The van der Waals surface area contributed by atoms with E-state index in [-0.39, 0.29) is 18.1 Å². The van der Waals surface area contributed by atoms with E-state index in [0.717, 1.165) is 19.3 Å². The van der Waals surface area contributed by atoms with E-state index >= 15 is 0 Å². The molecule has 1 unspecified atom stereocenters. The molecule has 0 aliphatic heterocycles. The highest BCUT2D eigenvalue weighted by molar-refractivity contribution is 7.55. The van der Waals surface area contributed by atoms with E-state index < -0.39 is 13.3 Å². The Morgan fingerprint density at radius 3 is 2.21 bits per heavy atom. The summed E-state index contributed by atoms with van der Waals surface area (Å²) in [6, 6.07) is 0. The van der Waals surface area contributed by atoms with Crippen molar-refractivity contribution < 1.29 is 23.1 Å². The van der Waals surface area contributed by atoms with Gasteiger partial charge in [0, 0.05) is 27.1 Å². The first kappa shape index (κ1) is 18.3. The average Bonchev–Trinajstić information content (AvgIpc) is 2.43. The van der Waals surface area contributed by atoms with Crippen LogP contribution in [0.15, 0.2) is 0 Å². The first-order chi connectivity index (χ1) is 8.95. The smallest absolute Gasteiger partial charge is 0.341 e. The Morgan fingerprint density at radius 1 is 1.21 bits per heavy atom. The van der Waals surface area contributed by atoms with Crippen LogP contribution in [0.1, 0.15) is 39.0 Å². The predicted octanol–water partition coefficient (Wildman–Crippen LogP) is 3.00. The van der Waals surface area contributed by atoms with Crippen molar-refractivity contribution >= 4 is 19.3 Å². The van der Waals surface area contributed by atoms with Crippen molar-refractivity contribution in [3.8, 4) is 0 Å². The largest absolute Gasteiger partial charge is 0.484 e. The van der Waals surface area contributed by atoms with Crippen LogP contribution >= 0.6 is 7.60 Å². The number of hydrogen-bond acceptors (Lipinski definition) is 6. The molecular weight excluding hydrogens is 269 g/mol. The molecule has 0 aliphatic carbocycles. The van der Waals surface area contributed by atoms with Crippen LogP contribution in [-0.4, -0.2) is 38.7 Å².